The van der Waals surface area contributed by atoms with Gasteiger partial charge in [-0.1, -0.05) is 11.3 Å². The van der Waals surface area contributed by atoms with Crippen molar-refractivity contribution in [1.82, 2.24) is 4.90 Å². The van der Waals surface area contributed by atoms with E-state index in [0.29, 0.717) is 18.0 Å². The van der Waals surface area contributed by atoms with E-state index < -0.39 is 4.92 Å². The van der Waals surface area contributed by atoms with E-state index in [9.17, 15) is 14.9 Å². The molecule has 0 saturated carbocycles. The van der Waals surface area contributed by atoms with Gasteiger partial charge in [-0.25, -0.2) is 0 Å². The van der Waals surface area contributed by atoms with Crippen molar-refractivity contribution >= 4 is 22.2 Å². The minimum absolute atomic E-state index is 0.00675. The zero-order chi connectivity index (χ0) is 13.3. The molecule has 0 N–H and O–H groups in total. The molecule has 2 atom stereocenters. The Kier molecular flexibility index (Phi) is 3.63. The largest absolute Gasteiger partial charge is 0.372 e. The molecule has 0 aliphatic carbocycles. The fraction of sp³-hybridized carbons (Fsp3) is 0.545. The summed E-state index contributed by atoms with van der Waals surface area (Å²) in [6.07, 6.45) is -0.0136. The predicted molar refractivity (Wildman–Crippen MR) is 66.9 cm³/mol. The van der Waals surface area contributed by atoms with Gasteiger partial charge in [0.05, 0.1) is 22.0 Å². The van der Waals surface area contributed by atoms with Crippen LogP contribution in [0.5, 0.6) is 0 Å². The summed E-state index contributed by atoms with van der Waals surface area (Å²) in [5.74, 6) is -0.157. The number of nitrogens with zero attached hydrogens (tertiary/aromatic N) is 2. The van der Waals surface area contributed by atoms with Crippen molar-refractivity contribution in [3.8, 4) is 0 Å². The van der Waals surface area contributed by atoms with Gasteiger partial charge < -0.3 is 9.64 Å². The lowest BCUT2D eigenvalue weighted by atomic mass is 10.2. The molecule has 1 aromatic rings. The van der Waals surface area contributed by atoms with E-state index in [0.717, 1.165) is 11.3 Å². The SMILES string of the molecule is C[C@@H]1CN(C(=O)c2ccc([N+](=O)[O-])s2)C[C@@H](C)O1. The number of carbonyl (C=O) groups is 1. The highest BCUT2D eigenvalue weighted by Gasteiger charge is 2.28. The Balaban J connectivity index is 2.12. The fourth-order valence-electron chi connectivity index (χ4n) is 2.04. The second kappa shape index (κ2) is 5.03. The maximum absolute atomic E-state index is 12.2. The molecule has 2 rings (SSSR count). The number of ether oxygens (including phenoxy) is 1. The van der Waals surface area contributed by atoms with Crippen LogP contribution in [0, 0.1) is 10.1 Å². The molecule has 0 unspecified atom stereocenters. The molecule has 18 heavy (non-hydrogen) atoms. The number of amides is 1. The predicted octanol–water partition coefficient (Wildman–Crippen LogP) is 1.91. The van der Waals surface area contributed by atoms with E-state index in [1.807, 2.05) is 13.8 Å². The standard InChI is InChI=1S/C11H14N2O4S/c1-7-5-12(6-8(2)17-7)11(14)9-3-4-10(18-9)13(15)16/h3-4,7-8H,5-6H2,1-2H3/t7-,8-/m1/s1. The van der Waals surface area contributed by atoms with Crippen LogP contribution in [0.3, 0.4) is 0 Å². The third-order valence-corrected chi connectivity index (χ3v) is 3.71. The van der Waals surface area contributed by atoms with E-state index >= 15 is 0 Å². The molecule has 1 saturated heterocycles. The lowest BCUT2D eigenvalue weighted by Gasteiger charge is -2.35. The first-order valence-corrected chi connectivity index (χ1v) is 6.48. The van der Waals surface area contributed by atoms with Gasteiger partial charge in [-0.2, -0.15) is 0 Å². The second-order valence-electron chi connectivity index (χ2n) is 4.36. The zero-order valence-electron chi connectivity index (χ0n) is 10.2. The van der Waals surface area contributed by atoms with Gasteiger partial charge in [0.25, 0.3) is 5.91 Å². The summed E-state index contributed by atoms with van der Waals surface area (Å²) in [6.45, 7) is 4.86. The molecule has 2 heterocycles. The summed E-state index contributed by atoms with van der Waals surface area (Å²) in [5.41, 5.74) is 0. The van der Waals surface area contributed by atoms with E-state index in [4.69, 9.17) is 4.74 Å². The molecule has 98 valence electrons. The molecule has 0 aromatic carbocycles. The molecule has 6 nitrogen and oxygen atoms in total. The highest BCUT2D eigenvalue weighted by Crippen LogP contribution is 2.26. The maximum Gasteiger partial charge on any atom is 0.324 e. The lowest BCUT2D eigenvalue weighted by molar-refractivity contribution is -0.380. The molecule has 1 aliphatic heterocycles. The van der Waals surface area contributed by atoms with Gasteiger partial charge in [0.15, 0.2) is 0 Å². The Hall–Kier alpha value is -1.47. The van der Waals surface area contributed by atoms with E-state index in [1.165, 1.54) is 12.1 Å². The van der Waals surface area contributed by atoms with Crippen molar-refractivity contribution in [3.63, 3.8) is 0 Å². The zero-order valence-corrected chi connectivity index (χ0v) is 11.0. The maximum atomic E-state index is 12.2. The van der Waals surface area contributed by atoms with Gasteiger partial charge in [0.1, 0.15) is 0 Å². The Bertz CT molecular complexity index is 463. The fourth-order valence-corrected chi connectivity index (χ4v) is 2.83. The third-order valence-electron chi connectivity index (χ3n) is 2.69. The first kappa shape index (κ1) is 13.0. The van der Waals surface area contributed by atoms with Crippen LogP contribution in [0.15, 0.2) is 12.1 Å². The monoisotopic (exact) mass is 270 g/mol. The minimum Gasteiger partial charge on any atom is -0.372 e. The van der Waals surface area contributed by atoms with Gasteiger partial charge in [0, 0.05) is 19.2 Å². The molecule has 1 amide bonds. The molecule has 1 aliphatic rings. The first-order valence-electron chi connectivity index (χ1n) is 5.66. The molecular weight excluding hydrogens is 256 g/mol. The molecular formula is C11H14N2O4S. The molecule has 1 fully saturated rings. The van der Waals surface area contributed by atoms with Gasteiger partial charge in [-0.05, 0) is 19.9 Å². The van der Waals surface area contributed by atoms with Crippen molar-refractivity contribution in [2.45, 2.75) is 26.1 Å². The van der Waals surface area contributed by atoms with Gasteiger partial charge in [-0.3, -0.25) is 14.9 Å². The Labute approximate surface area is 108 Å². The van der Waals surface area contributed by atoms with Crippen LogP contribution < -0.4 is 0 Å². The van der Waals surface area contributed by atoms with Crippen LogP contribution in [-0.4, -0.2) is 41.0 Å². The van der Waals surface area contributed by atoms with Gasteiger partial charge >= 0.3 is 5.00 Å². The van der Waals surface area contributed by atoms with Gasteiger partial charge in [0.2, 0.25) is 0 Å². The van der Waals surface area contributed by atoms with Crippen LogP contribution in [0.2, 0.25) is 0 Å². The second-order valence-corrected chi connectivity index (χ2v) is 5.42. The number of hydrogen-bond acceptors (Lipinski definition) is 5. The smallest absolute Gasteiger partial charge is 0.324 e. The van der Waals surface area contributed by atoms with Crippen LogP contribution in [0.25, 0.3) is 0 Å². The Morgan fingerprint density at radius 2 is 2.06 bits per heavy atom. The van der Waals surface area contributed by atoms with Crippen LogP contribution in [0.1, 0.15) is 23.5 Å². The average Bonchev–Trinajstić information content (AvgIpc) is 2.75. The van der Waals surface area contributed by atoms with Crippen molar-refractivity contribution in [2.75, 3.05) is 13.1 Å². The van der Waals surface area contributed by atoms with Crippen molar-refractivity contribution in [1.29, 1.82) is 0 Å². The number of morpholine rings is 1. The summed E-state index contributed by atoms with van der Waals surface area (Å²) < 4.78 is 5.55. The molecule has 7 heteroatoms. The molecule has 0 radical (unpaired) electrons. The van der Waals surface area contributed by atoms with Crippen LogP contribution in [0.4, 0.5) is 5.00 Å². The summed E-state index contributed by atoms with van der Waals surface area (Å²) in [5, 5.41) is 10.6. The minimum atomic E-state index is -0.480. The van der Waals surface area contributed by atoms with Crippen molar-refractivity contribution < 1.29 is 14.5 Å². The third kappa shape index (κ3) is 2.68. The summed E-state index contributed by atoms with van der Waals surface area (Å²) in [4.78, 5) is 24.4. The topological polar surface area (TPSA) is 72.7 Å². The number of hydrogen-bond donors (Lipinski definition) is 0. The normalized spacial score (nSPS) is 24.0. The highest BCUT2D eigenvalue weighted by atomic mass is 32.1. The summed E-state index contributed by atoms with van der Waals surface area (Å²) in [6, 6.07) is 2.88. The van der Waals surface area contributed by atoms with Crippen LogP contribution >= 0.6 is 11.3 Å². The molecule has 1 aromatic heterocycles. The first-order chi connectivity index (χ1) is 8.47. The average molecular weight is 270 g/mol. The molecule has 0 spiro atoms. The number of thiophene rings is 1. The highest BCUT2D eigenvalue weighted by molar-refractivity contribution is 7.17. The van der Waals surface area contributed by atoms with Crippen molar-refractivity contribution in [2.24, 2.45) is 0 Å². The Morgan fingerprint density at radius 1 is 1.44 bits per heavy atom. The van der Waals surface area contributed by atoms with E-state index in [2.05, 4.69) is 0 Å². The van der Waals surface area contributed by atoms with Crippen molar-refractivity contribution in [3.05, 3.63) is 27.1 Å². The van der Waals surface area contributed by atoms with E-state index in [1.54, 1.807) is 4.90 Å². The molecule has 0 bridgehead atoms. The van der Waals surface area contributed by atoms with Crippen LogP contribution in [-0.2, 0) is 4.74 Å². The van der Waals surface area contributed by atoms with E-state index in [-0.39, 0.29) is 23.1 Å². The number of rotatable bonds is 2. The summed E-state index contributed by atoms with van der Waals surface area (Å²) in [7, 11) is 0. The van der Waals surface area contributed by atoms with Gasteiger partial charge in [-0.15, -0.1) is 0 Å². The quantitative estimate of drug-likeness (QED) is 0.608. The number of carbonyl (C=O) groups excluding carboxylic acids is 1. The number of nitro groups is 1. The lowest BCUT2D eigenvalue weighted by Crippen LogP contribution is -2.48. The summed E-state index contributed by atoms with van der Waals surface area (Å²) >= 11 is 0.914. The Morgan fingerprint density at radius 3 is 2.56 bits per heavy atom.